The van der Waals surface area contributed by atoms with Crippen molar-refractivity contribution in [2.45, 2.75) is 268 Å². The van der Waals surface area contributed by atoms with E-state index in [9.17, 15) is 25.9 Å². The van der Waals surface area contributed by atoms with Crippen molar-refractivity contribution < 1.29 is 25.9 Å². The van der Waals surface area contributed by atoms with Crippen LogP contribution in [0.15, 0.2) is 60.7 Å². The van der Waals surface area contributed by atoms with Gasteiger partial charge in [-0.3, -0.25) is 0 Å². The van der Waals surface area contributed by atoms with Crippen molar-refractivity contribution in [2.24, 2.45) is 0 Å². The van der Waals surface area contributed by atoms with Gasteiger partial charge in [-0.1, -0.05) is 306 Å². The summed E-state index contributed by atoms with van der Waals surface area (Å²) in [5, 5.41) is -1.79. The standard InChI is InChI=1S/2C27H48O3S.Ca/c2*1-2-3-4-5-6-7-8-9-10-11-12-13-14-15-16-17-18-22-25-27(31(28,29)30)26-23-20-19-21-24-26;/h2*19-21,23-24,27H,2-18,22,25H2,1H3,(H,28,29,30);/q;;+2/p-2. The predicted octanol–water partition coefficient (Wildman–Crippen LogP) is 17.0. The maximum atomic E-state index is 11.6. The SMILES string of the molecule is CCCCCCCCCCCCCCCCCCCCC(c1ccccc1)S(=O)(=O)[O-].CCCCCCCCCCCCCCCCCCCCC(c1ccccc1)S(=O)(=O)[O-].[Ca+2]. The Labute approximate surface area is 420 Å². The first-order valence-corrected chi connectivity index (χ1v) is 29.0. The summed E-state index contributed by atoms with van der Waals surface area (Å²) >= 11 is 0. The summed E-state index contributed by atoms with van der Waals surface area (Å²) < 4.78 is 69.5. The zero-order valence-corrected chi connectivity index (χ0v) is 44.6. The quantitative estimate of drug-likeness (QED) is 0.0372. The van der Waals surface area contributed by atoms with E-state index < -0.39 is 30.7 Å². The molecule has 2 atom stereocenters. The first-order valence-electron chi connectivity index (χ1n) is 26.1. The molecule has 0 bridgehead atoms. The Kier molecular flexibility index (Phi) is 43.7. The van der Waals surface area contributed by atoms with E-state index in [-0.39, 0.29) is 37.7 Å². The third-order valence-electron chi connectivity index (χ3n) is 12.7. The molecule has 0 amide bonds. The Balaban J connectivity index is 0.00000120. The second-order valence-corrected chi connectivity index (χ2v) is 21.5. The van der Waals surface area contributed by atoms with Gasteiger partial charge in [0.25, 0.3) is 0 Å². The van der Waals surface area contributed by atoms with E-state index in [1.807, 2.05) is 12.1 Å². The van der Waals surface area contributed by atoms with Crippen LogP contribution in [0, 0.1) is 0 Å². The fraction of sp³-hybridized carbons (Fsp3) is 0.778. The number of benzene rings is 2. The average molecular weight is 944 g/mol. The van der Waals surface area contributed by atoms with Crippen LogP contribution in [0.5, 0.6) is 0 Å². The molecule has 0 saturated carbocycles. The van der Waals surface area contributed by atoms with Gasteiger partial charge in [0.1, 0.15) is 20.2 Å². The van der Waals surface area contributed by atoms with Crippen LogP contribution in [0.2, 0.25) is 0 Å². The van der Waals surface area contributed by atoms with Crippen LogP contribution in [-0.4, -0.2) is 63.7 Å². The van der Waals surface area contributed by atoms with Crippen molar-refractivity contribution in [3.8, 4) is 0 Å². The first kappa shape index (κ1) is 62.5. The van der Waals surface area contributed by atoms with E-state index in [1.54, 1.807) is 48.5 Å². The Hall–Kier alpha value is -0.480. The summed E-state index contributed by atoms with van der Waals surface area (Å²) in [6.07, 6.45) is 48.0. The summed E-state index contributed by atoms with van der Waals surface area (Å²) in [6, 6.07) is 17.8. The molecule has 2 aromatic rings. The molecule has 0 aliphatic carbocycles. The van der Waals surface area contributed by atoms with Gasteiger partial charge in [-0.2, -0.15) is 0 Å². The van der Waals surface area contributed by atoms with Crippen molar-refractivity contribution in [3.63, 3.8) is 0 Å². The maximum Gasteiger partial charge on any atom is 2.00 e. The van der Waals surface area contributed by atoms with E-state index in [0.717, 1.165) is 38.5 Å². The zero-order valence-electron chi connectivity index (χ0n) is 40.8. The Bertz CT molecular complexity index is 1340. The molecule has 0 fully saturated rings. The van der Waals surface area contributed by atoms with Crippen LogP contribution in [0.1, 0.15) is 279 Å². The summed E-state index contributed by atoms with van der Waals surface area (Å²) in [4.78, 5) is 0. The molecule has 6 nitrogen and oxygen atoms in total. The fourth-order valence-electron chi connectivity index (χ4n) is 8.75. The molecule has 9 heteroatoms. The fourth-order valence-corrected chi connectivity index (χ4v) is 10.6. The molecule has 0 aromatic heterocycles. The van der Waals surface area contributed by atoms with Gasteiger partial charge in [-0.05, 0) is 24.0 Å². The Morgan fingerprint density at radius 2 is 0.492 bits per heavy atom. The van der Waals surface area contributed by atoms with Gasteiger partial charge in [0, 0.05) is 0 Å². The van der Waals surface area contributed by atoms with Gasteiger partial charge in [0.05, 0.1) is 10.5 Å². The van der Waals surface area contributed by atoms with E-state index in [1.165, 1.54) is 193 Å². The monoisotopic (exact) mass is 943 g/mol. The van der Waals surface area contributed by atoms with Crippen LogP contribution in [0.3, 0.4) is 0 Å². The van der Waals surface area contributed by atoms with Crippen LogP contribution in [0.25, 0.3) is 0 Å². The minimum Gasteiger partial charge on any atom is -0.747 e. The van der Waals surface area contributed by atoms with Gasteiger partial charge in [-0.15, -0.1) is 0 Å². The van der Waals surface area contributed by atoms with E-state index in [2.05, 4.69) is 13.8 Å². The molecule has 2 rings (SSSR count). The first-order chi connectivity index (χ1) is 30.1. The summed E-state index contributed by atoms with van der Waals surface area (Å²) in [6.45, 7) is 4.55. The van der Waals surface area contributed by atoms with E-state index >= 15 is 0 Å². The third-order valence-corrected chi connectivity index (χ3v) is 15.1. The number of hydrogen-bond acceptors (Lipinski definition) is 6. The van der Waals surface area contributed by atoms with Crippen molar-refractivity contribution in [1.82, 2.24) is 0 Å². The number of unbranched alkanes of at least 4 members (excludes halogenated alkanes) is 34. The van der Waals surface area contributed by atoms with Gasteiger partial charge in [0.15, 0.2) is 0 Å². The maximum absolute atomic E-state index is 11.6. The predicted molar refractivity (Wildman–Crippen MR) is 270 cm³/mol. The molecular formula is C54H94CaO6S2. The number of rotatable bonds is 42. The minimum atomic E-state index is -4.29. The molecule has 2 unspecified atom stereocenters. The van der Waals surface area contributed by atoms with Gasteiger partial charge in [0.2, 0.25) is 0 Å². The zero-order chi connectivity index (χ0) is 45.3. The van der Waals surface area contributed by atoms with Gasteiger partial charge >= 0.3 is 37.7 Å². The molecule has 0 spiro atoms. The third kappa shape index (κ3) is 38.2. The smallest absolute Gasteiger partial charge is 0.747 e. The molecule has 63 heavy (non-hydrogen) atoms. The van der Waals surface area contributed by atoms with Crippen LogP contribution < -0.4 is 0 Å². The normalized spacial score (nSPS) is 12.6. The largest absolute Gasteiger partial charge is 2.00 e. The summed E-state index contributed by atoms with van der Waals surface area (Å²) in [5.41, 5.74) is 1.26. The second-order valence-electron chi connectivity index (χ2n) is 18.4. The molecule has 0 aliphatic rings. The minimum absolute atomic E-state index is 0. The Morgan fingerprint density at radius 3 is 0.667 bits per heavy atom. The van der Waals surface area contributed by atoms with Crippen molar-refractivity contribution in [1.29, 1.82) is 0 Å². The van der Waals surface area contributed by atoms with Crippen LogP contribution in [-0.2, 0) is 20.2 Å². The van der Waals surface area contributed by atoms with E-state index in [0.29, 0.717) is 24.0 Å². The van der Waals surface area contributed by atoms with Crippen LogP contribution in [0.4, 0.5) is 0 Å². The summed E-state index contributed by atoms with van der Waals surface area (Å²) in [5.74, 6) is 0. The van der Waals surface area contributed by atoms with E-state index in [4.69, 9.17) is 0 Å². The van der Waals surface area contributed by atoms with Gasteiger partial charge < -0.3 is 9.11 Å². The molecule has 2 aromatic carbocycles. The summed E-state index contributed by atoms with van der Waals surface area (Å²) in [7, 11) is -8.58. The molecule has 0 radical (unpaired) electrons. The van der Waals surface area contributed by atoms with Crippen molar-refractivity contribution in [3.05, 3.63) is 71.8 Å². The molecule has 360 valence electrons. The molecule has 0 N–H and O–H groups in total. The van der Waals surface area contributed by atoms with Gasteiger partial charge in [-0.25, -0.2) is 16.8 Å². The van der Waals surface area contributed by atoms with Crippen molar-refractivity contribution in [2.75, 3.05) is 0 Å². The second kappa shape index (κ2) is 44.1. The molecule has 0 aliphatic heterocycles. The molecular weight excluding hydrogens is 849 g/mol. The van der Waals surface area contributed by atoms with Crippen LogP contribution >= 0.6 is 0 Å². The topological polar surface area (TPSA) is 114 Å². The molecule has 0 saturated heterocycles. The van der Waals surface area contributed by atoms with Crippen molar-refractivity contribution >= 4 is 58.0 Å². The average Bonchev–Trinajstić information content (AvgIpc) is 3.25. The number of hydrogen-bond donors (Lipinski definition) is 0. The Morgan fingerprint density at radius 1 is 0.317 bits per heavy atom. The molecule has 0 heterocycles.